The second-order valence-electron chi connectivity index (χ2n) is 9.41. The molecule has 2 aromatic rings. The first-order chi connectivity index (χ1) is 15.2. The van der Waals surface area contributed by atoms with E-state index in [4.69, 9.17) is 4.74 Å². The molecule has 1 saturated heterocycles. The summed E-state index contributed by atoms with van der Waals surface area (Å²) >= 11 is 0. The van der Waals surface area contributed by atoms with Gasteiger partial charge in [0.15, 0.2) is 5.78 Å². The van der Waals surface area contributed by atoms with Crippen LogP contribution in [-0.4, -0.2) is 48.1 Å². The van der Waals surface area contributed by atoms with Crippen LogP contribution in [0.2, 0.25) is 0 Å². The van der Waals surface area contributed by atoms with E-state index in [1.807, 2.05) is 39.0 Å². The predicted molar refractivity (Wildman–Crippen MR) is 123 cm³/mol. The molecule has 0 saturated carbocycles. The van der Waals surface area contributed by atoms with E-state index in [9.17, 15) is 14.0 Å². The van der Waals surface area contributed by atoms with E-state index in [1.54, 1.807) is 12.1 Å². The van der Waals surface area contributed by atoms with Crippen molar-refractivity contribution in [1.82, 2.24) is 10.2 Å². The van der Waals surface area contributed by atoms with Crippen LogP contribution in [0.5, 0.6) is 0 Å². The summed E-state index contributed by atoms with van der Waals surface area (Å²) < 4.78 is 18.6. The fourth-order valence-electron chi connectivity index (χ4n) is 4.11. The number of likely N-dealkylation sites (tertiary alicyclic amines) is 1. The summed E-state index contributed by atoms with van der Waals surface area (Å²) in [4.78, 5) is 27.4. The molecule has 172 valence electrons. The molecule has 0 unspecified atom stereocenters. The molecule has 0 aliphatic carbocycles. The SMILES string of the molecule is CC(C)(C)OC(=O)NC[C@H](Cc1ccccc1)N1CCC(C(=O)c2ccc(F)cc2)CC1. The van der Waals surface area contributed by atoms with Gasteiger partial charge in [-0.25, -0.2) is 9.18 Å². The maximum absolute atomic E-state index is 13.2. The van der Waals surface area contributed by atoms with Gasteiger partial charge in [0.1, 0.15) is 11.4 Å². The maximum atomic E-state index is 13.2. The summed E-state index contributed by atoms with van der Waals surface area (Å²) in [6, 6.07) is 16.1. The van der Waals surface area contributed by atoms with Crippen LogP contribution in [0, 0.1) is 11.7 Å². The van der Waals surface area contributed by atoms with Gasteiger partial charge in [0.25, 0.3) is 0 Å². The maximum Gasteiger partial charge on any atom is 0.407 e. The third kappa shape index (κ3) is 7.16. The zero-order chi connectivity index (χ0) is 23.1. The van der Waals surface area contributed by atoms with Crippen LogP contribution in [0.15, 0.2) is 54.6 Å². The number of benzene rings is 2. The average Bonchev–Trinajstić information content (AvgIpc) is 2.76. The van der Waals surface area contributed by atoms with Crippen molar-refractivity contribution in [3.8, 4) is 0 Å². The molecular formula is C26H33FN2O3. The Morgan fingerprint density at radius 2 is 1.69 bits per heavy atom. The number of nitrogens with one attached hydrogen (secondary N) is 1. The fraction of sp³-hybridized carbons (Fsp3) is 0.462. The van der Waals surface area contributed by atoms with E-state index in [2.05, 4.69) is 22.3 Å². The molecule has 5 nitrogen and oxygen atoms in total. The van der Waals surface area contributed by atoms with Crippen molar-refractivity contribution >= 4 is 11.9 Å². The number of piperidine rings is 1. The number of ketones is 1. The fourth-order valence-corrected chi connectivity index (χ4v) is 4.11. The van der Waals surface area contributed by atoms with Gasteiger partial charge < -0.3 is 10.1 Å². The van der Waals surface area contributed by atoms with Crippen LogP contribution in [-0.2, 0) is 11.2 Å². The first-order valence-electron chi connectivity index (χ1n) is 11.3. The van der Waals surface area contributed by atoms with Gasteiger partial charge in [-0.1, -0.05) is 30.3 Å². The number of nitrogens with zero attached hydrogens (tertiary/aromatic N) is 1. The minimum absolute atomic E-state index is 0.0621. The van der Waals surface area contributed by atoms with E-state index in [0.29, 0.717) is 12.1 Å². The monoisotopic (exact) mass is 440 g/mol. The molecule has 0 spiro atoms. The normalized spacial score (nSPS) is 16.4. The molecular weight excluding hydrogens is 407 g/mol. The number of alkyl carbamates (subject to hydrolysis) is 1. The van der Waals surface area contributed by atoms with Crippen molar-refractivity contribution in [1.29, 1.82) is 0 Å². The minimum Gasteiger partial charge on any atom is -0.444 e. The molecule has 0 aromatic heterocycles. The molecule has 1 aliphatic rings. The highest BCUT2D eigenvalue weighted by Crippen LogP contribution is 2.24. The molecule has 1 fully saturated rings. The van der Waals surface area contributed by atoms with Crippen LogP contribution in [0.4, 0.5) is 9.18 Å². The summed E-state index contributed by atoms with van der Waals surface area (Å²) in [7, 11) is 0. The van der Waals surface area contributed by atoms with Gasteiger partial charge >= 0.3 is 6.09 Å². The highest BCUT2D eigenvalue weighted by molar-refractivity contribution is 5.97. The van der Waals surface area contributed by atoms with Crippen molar-refractivity contribution in [3.63, 3.8) is 0 Å². The Morgan fingerprint density at radius 1 is 1.06 bits per heavy atom. The van der Waals surface area contributed by atoms with E-state index >= 15 is 0 Å². The van der Waals surface area contributed by atoms with Crippen LogP contribution in [0.3, 0.4) is 0 Å². The topological polar surface area (TPSA) is 58.6 Å². The van der Waals surface area contributed by atoms with E-state index in [1.165, 1.54) is 17.7 Å². The molecule has 1 atom stereocenters. The lowest BCUT2D eigenvalue weighted by atomic mass is 9.88. The molecule has 6 heteroatoms. The highest BCUT2D eigenvalue weighted by atomic mass is 19.1. The lowest BCUT2D eigenvalue weighted by Gasteiger charge is -2.37. The average molecular weight is 441 g/mol. The Labute approximate surface area is 190 Å². The molecule has 3 rings (SSSR count). The van der Waals surface area contributed by atoms with E-state index in [-0.39, 0.29) is 23.6 Å². The predicted octanol–water partition coefficient (Wildman–Crippen LogP) is 4.86. The van der Waals surface area contributed by atoms with Gasteiger partial charge in [-0.05, 0) is 83.0 Å². The van der Waals surface area contributed by atoms with Crippen LogP contribution in [0.25, 0.3) is 0 Å². The van der Waals surface area contributed by atoms with E-state index < -0.39 is 11.7 Å². The lowest BCUT2D eigenvalue weighted by Crippen LogP contribution is -2.49. The van der Waals surface area contributed by atoms with Crippen molar-refractivity contribution < 1.29 is 18.7 Å². The molecule has 32 heavy (non-hydrogen) atoms. The number of ether oxygens (including phenoxy) is 1. The van der Waals surface area contributed by atoms with E-state index in [0.717, 1.165) is 32.4 Å². The molecule has 0 bridgehead atoms. The molecule has 2 aromatic carbocycles. The summed E-state index contributed by atoms with van der Waals surface area (Å²) in [5.74, 6) is -0.318. The van der Waals surface area contributed by atoms with Crippen molar-refractivity contribution in [3.05, 3.63) is 71.5 Å². The summed E-state index contributed by atoms with van der Waals surface area (Å²) in [5, 5.41) is 2.92. The van der Waals surface area contributed by atoms with Crippen LogP contribution < -0.4 is 5.32 Å². The number of hydrogen-bond donors (Lipinski definition) is 1. The molecule has 1 N–H and O–H groups in total. The quantitative estimate of drug-likeness (QED) is 0.625. The first-order valence-corrected chi connectivity index (χ1v) is 11.3. The second-order valence-corrected chi connectivity index (χ2v) is 9.41. The van der Waals surface area contributed by atoms with Gasteiger partial charge in [0.05, 0.1) is 0 Å². The second kappa shape index (κ2) is 10.7. The number of hydrogen-bond acceptors (Lipinski definition) is 4. The Morgan fingerprint density at radius 3 is 2.28 bits per heavy atom. The van der Waals surface area contributed by atoms with Crippen molar-refractivity contribution in [2.24, 2.45) is 5.92 Å². The molecule has 1 amide bonds. The van der Waals surface area contributed by atoms with Crippen LogP contribution in [0.1, 0.15) is 49.5 Å². The molecule has 1 heterocycles. The number of amides is 1. The smallest absolute Gasteiger partial charge is 0.407 e. The Kier molecular flexibility index (Phi) is 8.02. The number of Topliss-reactive ketones (excluding diaryl/α,β-unsaturated/α-hetero) is 1. The molecule has 1 aliphatic heterocycles. The Balaban J connectivity index is 1.61. The Bertz CT molecular complexity index is 886. The summed E-state index contributed by atoms with van der Waals surface area (Å²) in [5.41, 5.74) is 1.23. The zero-order valence-corrected chi connectivity index (χ0v) is 19.1. The highest BCUT2D eigenvalue weighted by Gasteiger charge is 2.30. The first kappa shape index (κ1) is 23.9. The third-order valence-corrected chi connectivity index (χ3v) is 5.74. The third-order valence-electron chi connectivity index (χ3n) is 5.74. The number of carbonyl (C=O) groups excluding carboxylic acids is 2. The summed E-state index contributed by atoms with van der Waals surface area (Å²) in [6.07, 6.45) is 1.87. The largest absolute Gasteiger partial charge is 0.444 e. The zero-order valence-electron chi connectivity index (χ0n) is 19.1. The number of carbonyl (C=O) groups is 2. The van der Waals surface area contributed by atoms with Gasteiger partial charge in [-0.15, -0.1) is 0 Å². The molecule has 0 radical (unpaired) electrons. The van der Waals surface area contributed by atoms with Gasteiger partial charge in [0.2, 0.25) is 0 Å². The minimum atomic E-state index is -0.544. The number of halogens is 1. The summed E-state index contributed by atoms with van der Waals surface area (Å²) in [6.45, 7) is 7.54. The van der Waals surface area contributed by atoms with Crippen molar-refractivity contribution in [2.45, 2.75) is 51.7 Å². The standard InChI is InChI=1S/C26H33FN2O3/c1-26(2,3)32-25(31)28-18-23(17-19-7-5-4-6-8-19)29-15-13-21(14-16-29)24(30)20-9-11-22(27)12-10-20/h4-12,21,23H,13-18H2,1-3H3,(H,28,31)/t23-/m0/s1. The van der Waals surface area contributed by atoms with Crippen LogP contribution >= 0.6 is 0 Å². The van der Waals surface area contributed by atoms with Gasteiger partial charge in [-0.3, -0.25) is 9.69 Å². The van der Waals surface area contributed by atoms with Crippen molar-refractivity contribution in [2.75, 3.05) is 19.6 Å². The lowest BCUT2D eigenvalue weighted by molar-refractivity contribution is 0.0495. The van der Waals surface area contributed by atoms with Gasteiger partial charge in [0, 0.05) is 24.1 Å². The number of rotatable bonds is 7. The van der Waals surface area contributed by atoms with Gasteiger partial charge in [-0.2, -0.15) is 0 Å². The Hall–Kier alpha value is -2.73.